The summed E-state index contributed by atoms with van der Waals surface area (Å²) in [6, 6.07) is 12.9. The van der Waals surface area contributed by atoms with E-state index in [9.17, 15) is 4.79 Å². The molecule has 2 aromatic heterocycles. The van der Waals surface area contributed by atoms with Gasteiger partial charge in [0.2, 0.25) is 0 Å². The van der Waals surface area contributed by atoms with E-state index >= 15 is 0 Å². The Morgan fingerprint density at radius 2 is 1.95 bits per heavy atom. The van der Waals surface area contributed by atoms with Gasteiger partial charge in [-0.3, -0.25) is 19.1 Å². The standard InChI is InChI=1S/C31H33N5O/c1-22-5-7-26(17-25(22)9-10-28-18-33-31-19-32-12-14-36(28)31)30(37)16-24-6-8-27(23(2)15-24)20-35-13-11-29(21-35)34(3)4/h5-8,12,14-15,17-19,29H,11,13,16,20-21H2,1-4H3/t29-/m1/s1. The molecule has 37 heavy (non-hydrogen) atoms. The van der Waals surface area contributed by atoms with E-state index in [4.69, 9.17) is 0 Å². The van der Waals surface area contributed by atoms with Gasteiger partial charge in [-0.05, 0) is 68.6 Å². The number of benzene rings is 2. The summed E-state index contributed by atoms with van der Waals surface area (Å²) >= 11 is 0. The zero-order chi connectivity index (χ0) is 25.9. The lowest BCUT2D eigenvalue weighted by molar-refractivity contribution is 0.0993. The van der Waals surface area contributed by atoms with E-state index < -0.39 is 0 Å². The van der Waals surface area contributed by atoms with Gasteiger partial charge < -0.3 is 4.90 Å². The molecule has 6 nitrogen and oxygen atoms in total. The van der Waals surface area contributed by atoms with Crippen molar-refractivity contribution in [1.82, 2.24) is 24.2 Å². The van der Waals surface area contributed by atoms with Crippen LogP contribution in [0.4, 0.5) is 0 Å². The Morgan fingerprint density at radius 1 is 1.08 bits per heavy atom. The molecule has 3 heterocycles. The lowest BCUT2D eigenvalue weighted by Crippen LogP contribution is -2.31. The molecule has 1 aliphatic heterocycles. The first-order valence-electron chi connectivity index (χ1n) is 12.8. The molecule has 0 unspecified atom stereocenters. The quantitative estimate of drug-likeness (QED) is 0.297. The molecular formula is C31H33N5O. The van der Waals surface area contributed by atoms with E-state index in [-0.39, 0.29) is 5.78 Å². The number of carbonyl (C=O) groups is 1. The maximum Gasteiger partial charge on any atom is 0.167 e. The van der Waals surface area contributed by atoms with Crippen LogP contribution in [0.2, 0.25) is 0 Å². The lowest BCUT2D eigenvalue weighted by atomic mass is 9.97. The summed E-state index contributed by atoms with van der Waals surface area (Å²) in [5, 5.41) is 0. The molecule has 2 aromatic carbocycles. The number of aryl methyl sites for hydroxylation is 2. The monoisotopic (exact) mass is 491 g/mol. The van der Waals surface area contributed by atoms with E-state index in [1.807, 2.05) is 35.7 Å². The average Bonchev–Trinajstić information content (AvgIpc) is 3.52. The van der Waals surface area contributed by atoms with Crippen molar-refractivity contribution in [2.24, 2.45) is 0 Å². The van der Waals surface area contributed by atoms with Crippen molar-refractivity contribution in [1.29, 1.82) is 0 Å². The molecule has 5 rings (SSSR count). The van der Waals surface area contributed by atoms with Gasteiger partial charge in [-0.2, -0.15) is 0 Å². The minimum absolute atomic E-state index is 0.101. The molecule has 4 aromatic rings. The molecule has 6 heteroatoms. The SMILES string of the molecule is Cc1ccc(C(=O)Cc2ccc(CN3CC[C@@H](N(C)C)C3)c(C)c2)cc1C#Cc1cnc2cnccn12. The zero-order valence-corrected chi connectivity index (χ0v) is 22.0. The molecule has 0 radical (unpaired) electrons. The van der Waals surface area contributed by atoms with Gasteiger partial charge in [-0.1, -0.05) is 36.3 Å². The van der Waals surface area contributed by atoms with Crippen molar-refractivity contribution in [3.05, 3.63) is 100 Å². The van der Waals surface area contributed by atoms with Gasteiger partial charge in [-0.15, -0.1) is 0 Å². The van der Waals surface area contributed by atoms with Crippen LogP contribution in [0.5, 0.6) is 0 Å². The van der Waals surface area contributed by atoms with E-state index in [1.165, 1.54) is 17.5 Å². The molecule has 188 valence electrons. The topological polar surface area (TPSA) is 53.7 Å². The first-order chi connectivity index (χ1) is 17.9. The first-order valence-corrected chi connectivity index (χ1v) is 12.8. The Kier molecular flexibility index (Phi) is 7.18. The predicted octanol–water partition coefficient (Wildman–Crippen LogP) is 4.31. The van der Waals surface area contributed by atoms with Gasteiger partial charge in [-0.25, -0.2) is 4.98 Å². The fourth-order valence-electron chi connectivity index (χ4n) is 4.95. The molecule has 0 aliphatic carbocycles. The molecule has 1 atom stereocenters. The molecule has 0 spiro atoms. The van der Waals surface area contributed by atoms with Crippen LogP contribution in [0.3, 0.4) is 0 Å². The lowest BCUT2D eigenvalue weighted by Gasteiger charge is -2.21. The number of carbonyl (C=O) groups excluding carboxylic acids is 1. The molecule has 0 saturated carbocycles. The number of fused-ring (bicyclic) bond motifs is 1. The minimum atomic E-state index is 0.101. The van der Waals surface area contributed by atoms with Crippen molar-refractivity contribution >= 4 is 11.4 Å². The van der Waals surface area contributed by atoms with Crippen molar-refractivity contribution in [3.8, 4) is 11.8 Å². The van der Waals surface area contributed by atoms with Crippen LogP contribution >= 0.6 is 0 Å². The summed E-state index contributed by atoms with van der Waals surface area (Å²) in [7, 11) is 4.32. The minimum Gasteiger partial charge on any atom is -0.305 e. The molecule has 1 aliphatic rings. The second-order valence-corrected chi connectivity index (χ2v) is 10.2. The number of rotatable bonds is 6. The van der Waals surface area contributed by atoms with Crippen molar-refractivity contribution in [2.45, 2.75) is 39.3 Å². The summed E-state index contributed by atoms with van der Waals surface area (Å²) in [6.45, 7) is 7.38. The zero-order valence-electron chi connectivity index (χ0n) is 22.0. The third-order valence-electron chi connectivity index (χ3n) is 7.35. The number of hydrogen-bond donors (Lipinski definition) is 0. The summed E-state index contributed by atoms with van der Waals surface area (Å²) in [6.07, 6.45) is 8.60. The van der Waals surface area contributed by atoms with Crippen LogP contribution in [0, 0.1) is 25.7 Å². The van der Waals surface area contributed by atoms with Gasteiger partial charge in [0.15, 0.2) is 11.4 Å². The number of likely N-dealkylation sites (N-methyl/N-ethyl adjacent to an activating group) is 1. The first kappa shape index (κ1) is 24.9. The van der Waals surface area contributed by atoms with Gasteiger partial charge in [0.25, 0.3) is 0 Å². The van der Waals surface area contributed by atoms with Crippen LogP contribution in [0.15, 0.2) is 61.2 Å². The third-order valence-corrected chi connectivity index (χ3v) is 7.35. The fourth-order valence-corrected chi connectivity index (χ4v) is 4.95. The Bertz CT molecular complexity index is 1510. The molecule has 1 saturated heterocycles. The van der Waals surface area contributed by atoms with Crippen LogP contribution in [-0.2, 0) is 13.0 Å². The van der Waals surface area contributed by atoms with Gasteiger partial charge in [0.1, 0.15) is 5.69 Å². The maximum atomic E-state index is 13.2. The van der Waals surface area contributed by atoms with Crippen LogP contribution in [0.25, 0.3) is 5.65 Å². The highest BCUT2D eigenvalue weighted by Crippen LogP contribution is 2.20. The van der Waals surface area contributed by atoms with E-state index in [0.29, 0.717) is 18.0 Å². The Morgan fingerprint density at radius 3 is 2.73 bits per heavy atom. The van der Waals surface area contributed by atoms with Crippen molar-refractivity contribution < 1.29 is 4.79 Å². The second kappa shape index (κ2) is 10.7. The normalized spacial score (nSPS) is 15.8. The number of nitrogens with zero attached hydrogens (tertiary/aromatic N) is 5. The van der Waals surface area contributed by atoms with E-state index in [1.54, 1.807) is 18.6 Å². The van der Waals surface area contributed by atoms with Gasteiger partial charge in [0.05, 0.1) is 12.4 Å². The number of Topliss-reactive ketones (excluding diaryl/α,β-unsaturated/α-hetero) is 1. The molecule has 0 N–H and O–H groups in total. The maximum absolute atomic E-state index is 13.2. The van der Waals surface area contributed by atoms with Crippen LogP contribution < -0.4 is 0 Å². The summed E-state index contributed by atoms with van der Waals surface area (Å²) in [5.41, 5.74) is 7.75. The van der Waals surface area contributed by atoms with Crippen LogP contribution in [-0.4, -0.2) is 63.2 Å². The summed E-state index contributed by atoms with van der Waals surface area (Å²) in [5.74, 6) is 6.54. The Labute approximate surface area is 219 Å². The highest BCUT2D eigenvalue weighted by Gasteiger charge is 2.24. The van der Waals surface area contributed by atoms with Crippen LogP contribution in [0.1, 0.15) is 50.3 Å². The highest BCUT2D eigenvalue weighted by atomic mass is 16.1. The van der Waals surface area contributed by atoms with E-state index in [2.05, 4.69) is 70.8 Å². The third kappa shape index (κ3) is 5.64. The number of hydrogen-bond acceptors (Lipinski definition) is 5. The Balaban J connectivity index is 1.28. The number of likely N-dealkylation sites (tertiary alicyclic amines) is 1. The molecule has 0 amide bonds. The fraction of sp³-hybridized carbons (Fsp3) is 0.323. The molecule has 1 fully saturated rings. The van der Waals surface area contributed by atoms with Crippen molar-refractivity contribution in [2.75, 3.05) is 27.2 Å². The molecular weight excluding hydrogens is 458 g/mol. The summed E-state index contributed by atoms with van der Waals surface area (Å²) in [4.78, 5) is 26.5. The van der Waals surface area contributed by atoms with Gasteiger partial charge in [0, 0.05) is 55.6 Å². The summed E-state index contributed by atoms with van der Waals surface area (Å²) < 4.78 is 1.90. The van der Waals surface area contributed by atoms with Gasteiger partial charge >= 0.3 is 0 Å². The smallest absolute Gasteiger partial charge is 0.167 e. The number of imidazole rings is 1. The number of ketones is 1. The number of aromatic nitrogens is 3. The Hall–Kier alpha value is -3.79. The van der Waals surface area contributed by atoms with Crippen molar-refractivity contribution in [3.63, 3.8) is 0 Å². The second-order valence-electron chi connectivity index (χ2n) is 10.2. The highest BCUT2D eigenvalue weighted by molar-refractivity contribution is 5.98. The largest absolute Gasteiger partial charge is 0.305 e. The average molecular weight is 492 g/mol. The van der Waals surface area contributed by atoms with E-state index in [0.717, 1.165) is 47.7 Å². The predicted molar refractivity (Wildman–Crippen MR) is 147 cm³/mol. The molecule has 0 bridgehead atoms.